The van der Waals surface area contributed by atoms with Crippen molar-refractivity contribution in [1.82, 2.24) is 0 Å². The number of hydrogen-bond acceptors (Lipinski definition) is 3. The highest BCUT2D eigenvalue weighted by Gasteiger charge is 2.22. The zero-order valence-corrected chi connectivity index (χ0v) is 10.3. The Balaban J connectivity index is 3.59. The summed E-state index contributed by atoms with van der Waals surface area (Å²) in [4.78, 5) is 11.1. The van der Waals surface area contributed by atoms with Gasteiger partial charge in [0.15, 0.2) is 0 Å². The van der Waals surface area contributed by atoms with Crippen molar-refractivity contribution in [3.8, 4) is 0 Å². The molecular weight excluding hydrogens is 190 g/mol. The van der Waals surface area contributed by atoms with Crippen LogP contribution in [0.1, 0.15) is 58.8 Å². The Morgan fingerprint density at radius 3 is 2.40 bits per heavy atom. The number of esters is 1. The van der Waals surface area contributed by atoms with E-state index in [0.29, 0.717) is 6.42 Å². The third kappa shape index (κ3) is 8.43. The predicted molar refractivity (Wildman–Crippen MR) is 62.6 cm³/mol. The quantitative estimate of drug-likeness (QED) is 0.500. The number of hydrogen-bond donors (Lipinski definition) is 1. The molecule has 3 nitrogen and oxygen atoms in total. The van der Waals surface area contributed by atoms with Crippen molar-refractivity contribution in [3.63, 3.8) is 0 Å². The molecule has 15 heavy (non-hydrogen) atoms. The Labute approximate surface area is 93.4 Å². The maximum Gasteiger partial charge on any atom is 0.307 e. The summed E-state index contributed by atoms with van der Waals surface area (Å²) in [6.07, 6.45) is 7.33. The number of rotatable bonds is 8. The van der Waals surface area contributed by atoms with Crippen LogP contribution in [-0.4, -0.2) is 18.6 Å². The van der Waals surface area contributed by atoms with Gasteiger partial charge in [-0.3, -0.25) is 4.79 Å². The van der Waals surface area contributed by atoms with Gasteiger partial charge in [-0.05, 0) is 13.3 Å². The molecule has 0 saturated carbocycles. The highest BCUT2D eigenvalue weighted by atomic mass is 16.5. The van der Waals surface area contributed by atoms with Crippen molar-refractivity contribution < 1.29 is 9.53 Å². The maximum atomic E-state index is 11.1. The molecule has 0 aliphatic rings. The van der Waals surface area contributed by atoms with Crippen molar-refractivity contribution in [3.05, 3.63) is 0 Å². The van der Waals surface area contributed by atoms with Crippen LogP contribution in [0.15, 0.2) is 0 Å². The third-order valence-corrected chi connectivity index (χ3v) is 2.63. The van der Waals surface area contributed by atoms with Gasteiger partial charge in [-0.2, -0.15) is 0 Å². The molecule has 0 aromatic rings. The van der Waals surface area contributed by atoms with Crippen LogP contribution in [0.2, 0.25) is 0 Å². The second-order valence-electron chi connectivity index (χ2n) is 4.57. The fourth-order valence-corrected chi connectivity index (χ4v) is 1.62. The fraction of sp³-hybridized carbons (Fsp3) is 0.917. The summed E-state index contributed by atoms with van der Waals surface area (Å²) < 4.78 is 4.61. The molecule has 0 radical (unpaired) electrons. The summed E-state index contributed by atoms with van der Waals surface area (Å²) in [5.74, 6) is -0.214. The smallest absolute Gasteiger partial charge is 0.307 e. The first-order valence-corrected chi connectivity index (χ1v) is 5.87. The monoisotopic (exact) mass is 215 g/mol. The van der Waals surface area contributed by atoms with Gasteiger partial charge in [-0.1, -0.05) is 39.0 Å². The van der Waals surface area contributed by atoms with Crippen LogP contribution in [0.25, 0.3) is 0 Å². The van der Waals surface area contributed by atoms with Crippen LogP contribution in [-0.2, 0) is 9.53 Å². The number of nitrogens with two attached hydrogens (primary N) is 1. The van der Waals surface area contributed by atoms with Gasteiger partial charge in [0.25, 0.3) is 0 Å². The molecule has 0 aromatic heterocycles. The van der Waals surface area contributed by atoms with Gasteiger partial charge in [0.1, 0.15) is 0 Å². The lowest BCUT2D eigenvalue weighted by Gasteiger charge is -2.22. The first kappa shape index (κ1) is 14.4. The zero-order valence-electron chi connectivity index (χ0n) is 10.3. The number of carbonyl (C=O) groups excluding carboxylic acids is 1. The van der Waals surface area contributed by atoms with Gasteiger partial charge < -0.3 is 10.5 Å². The van der Waals surface area contributed by atoms with Gasteiger partial charge in [-0.25, -0.2) is 0 Å². The van der Waals surface area contributed by atoms with Gasteiger partial charge in [0.05, 0.1) is 13.5 Å². The first-order chi connectivity index (χ1) is 7.02. The van der Waals surface area contributed by atoms with E-state index in [1.807, 2.05) is 6.92 Å². The molecular formula is C12H25NO2. The lowest BCUT2D eigenvalue weighted by Crippen LogP contribution is -2.38. The SMILES string of the molecule is CCCCCCCC(C)(N)CC(=O)OC. The standard InChI is InChI=1S/C12H25NO2/c1-4-5-6-7-8-9-12(2,13)10-11(14)15-3/h4-10,13H2,1-3H3. The Kier molecular flexibility index (Phi) is 7.39. The molecule has 0 heterocycles. The average molecular weight is 215 g/mol. The lowest BCUT2D eigenvalue weighted by molar-refractivity contribution is -0.141. The van der Waals surface area contributed by atoms with E-state index in [1.165, 1.54) is 32.8 Å². The summed E-state index contributed by atoms with van der Waals surface area (Å²) in [5, 5.41) is 0. The van der Waals surface area contributed by atoms with E-state index < -0.39 is 5.54 Å². The molecule has 0 aliphatic carbocycles. The van der Waals surface area contributed by atoms with Crippen LogP contribution >= 0.6 is 0 Å². The summed E-state index contributed by atoms with van der Waals surface area (Å²) in [5.41, 5.74) is 5.60. The molecule has 1 unspecified atom stereocenters. The fourth-order valence-electron chi connectivity index (χ4n) is 1.62. The number of carbonyl (C=O) groups is 1. The highest BCUT2D eigenvalue weighted by molar-refractivity contribution is 5.70. The van der Waals surface area contributed by atoms with Crippen LogP contribution in [0.3, 0.4) is 0 Å². The minimum absolute atomic E-state index is 0.214. The normalized spacial score (nSPS) is 14.7. The van der Waals surface area contributed by atoms with Crippen molar-refractivity contribution in [2.24, 2.45) is 5.73 Å². The topological polar surface area (TPSA) is 52.3 Å². The molecule has 0 aromatic carbocycles. The van der Waals surface area contributed by atoms with Crippen LogP contribution in [0, 0.1) is 0 Å². The summed E-state index contributed by atoms with van der Waals surface area (Å²) in [7, 11) is 1.40. The number of ether oxygens (including phenoxy) is 1. The van der Waals surface area contributed by atoms with Gasteiger partial charge in [0, 0.05) is 5.54 Å². The van der Waals surface area contributed by atoms with Crippen molar-refractivity contribution in [2.45, 2.75) is 64.3 Å². The Morgan fingerprint density at radius 2 is 1.87 bits per heavy atom. The average Bonchev–Trinajstić information content (AvgIpc) is 2.16. The Bertz CT molecular complexity index is 178. The van der Waals surface area contributed by atoms with Crippen molar-refractivity contribution in [1.29, 1.82) is 0 Å². The van der Waals surface area contributed by atoms with Gasteiger partial charge in [0.2, 0.25) is 0 Å². The van der Waals surface area contributed by atoms with E-state index in [4.69, 9.17) is 5.73 Å². The molecule has 3 heteroatoms. The molecule has 2 N–H and O–H groups in total. The predicted octanol–water partition coefficient (Wildman–Crippen LogP) is 2.63. The number of methoxy groups -OCH3 is 1. The second kappa shape index (κ2) is 7.69. The molecule has 0 rings (SSSR count). The molecule has 0 aliphatic heterocycles. The van der Waals surface area contributed by atoms with E-state index in [0.717, 1.165) is 12.8 Å². The lowest BCUT2D eigenvalue weighted by atomic mass is 9.92. The Morgan fingerprint density at radius 1 is 1.27 bits per heavy atom. The molecule has 0 saturated heterocycles. The van der Waals surface area contributed by atoms with E-state index in [-0.39, 0.29) is 5.97 Å². The molecule has 0 bridgehead atoms. The van der Waals surface area contributed by atoms with Crippen molar-refractivity contribution >= 4 is 5.97 Å². The van der Waals surface area contributed by atoms with Gasteiger partial charge >= 0.3 is 5.97 Å². The number of unbranched alkanes of at least 4 members (excludes halogenated alkanes) is 4. The van der Waals surface area contributed by atoms with Crippen LogP contribution < -0.4 is 5.73 Å². The first-order valence-electron chi connectivity index (χ1n) is 5.87. The van der Waals surface area contributed by atoms with Gasteiger partial charge in [-0.15, -0.1) is 0 Å². The highest BCUT2D eigenvalue weighted by Crippen LogP contribution is 2.17. The third-order valence-electron chi connectivity index (χ3n) is 2.63. The summed E-state index contributed by atoms with van der Waals surface area (Å²) >= 11 is 0. The van der Waals surface area contributed by atoms with Crippen LogP contribution in [0.5, 0.6) is 0 Å². The zero-order chi connectivity index (χ0) is 11.7. The molecule has 90 valence electrons. The van der Waals surface area contributed by atoms with E-state index in [9.17, 15) is 4.79 Å². The molecule has 0 amide bonds. The summed E-state index contributed by atoms with van der Waals surface area (Å²) in [6.45, 7) is 4.12. The Hall–Kier alpha value is -0.570. The summed E-state index contributed by atoms with van der Waals surface area (Å²) in [6, 6.07) is 0. The molecule has 0 spiro atoms. The second-order valence-corrected chi connectivity index (χ2v) is 4.57. The largest absolute Gasteiger partial charge is 0.469 e. The maximum absolute atomic E-state index is 11.1. The molecule has 0 fully saturated rings. The van der Waals surface area contributed by atoms with Crippen molar-refractivity contribution in [2.75, 3.05) is 7.11 Å². The van der Waals surface area contributed by atoms with E-state index in [1.54, 1.807) is 0 Å². The minimum atomic E-state index is -0.403. The minimum Gasteiger partial charge on any atom is -0.469 e. The molecule has 1 atom stereocenters. The van der Waals surface area contributed by atoms with E-state index in [2.05, 4.69) is 11.7 Å². The van der Waals surface area contributed by atoms with Crippen LogP contribution in [0.4, 0.5) is 0 Å². The van der Waals surface area contributed by atoms with E-state index >= 15 is 0 Å².